The van der Waals surface area contributed by atoms with E-state index in [1.165, 1.54) is 4.57 Å². The zero-order valence-corrected chi connectivity index (χ0v) is 23.2. The minimum Gasteiger partial charge on any atom is -0.396 e. The predicted molar refractivity (Wildman–Crippen MR) is 151 cm³/mol. The highest BCUT2D eigenvalue weighted by molar-refractivity contribution is 5.78. The van der Waals surface area contributed by atoms with Crippen molar-refractivity contribution in [1.82, 2.24) is 24.4 Å². The van der Waals surface area contributed by atoms with Gasteiger partial charge in [-0.1, -0.05) is 12.1 Å². The van der Waals surface area contributed by atoms with Gasteiger partial charge in [-0.15, -0.1) is 0 Å². The van der Waals surface area contributed by atoms with Crippen molar-refractivity contribution in [2.45, 2.75) is 44.8 Å². The number of alkyl halides is 2. The lowest BCUT2D eigenvalue weighted by Gasteiger charge is -2.35. The monoisotopic (exact) mass is 571 g/mol. The maximum Gasteiger partial charge on any atom is 0.296 e. The molecular weight excluding hydrogens is 532 g/mol. The van der Waals surface area contributed by atoms with E-state index in [0.717, 1.165) is 45.2 Å². The van der Waals surface area contributed by atoms with Gasteiger partial charge in [-0.3, -0.25) is 9.47 Å². The van der Waals surface area contributed by atoms with Crippen LogP contribution in [0.15, 0.2) is 30.3 Å². The molecule has 4 heterocycles. The molecule has 0 amide bonds. The van der Waals surface area contributed by atoms with Crippen LogP contribution in [0, 0.1) is 17.8 Å². The highest BCUT2D eigenvalue weighted by atomic mass is 19.3. The van der Waals surface area contributed by atoms with Gasteiger partial charge in [-0.25, -0.2) is 13.8 Å². The first-order chi connectivity index (χ1) is 20.0. The van der Waals surface area contributed by atoms with Crippen molar-refractivity contribution < 1.29 is 23.7 Å². The molecule has 6 rings (SSSR count). The molecule has 0 bridgehead atoms. The molecule has 2 saturated heterocycles. The van der Waals surface area contributed by atoms with E-state index in [2.05, 4.69) is 15.2 Å². The lowest BCUT2D eigenvalue weighted by Crippen LogP contribution is -2.41. The number of fused-ring (bicyclic) bond motifs is 1. The highest BCUT2D eigenvalue weighted by Gasteiger charge is 2.34. The van der Waals surface area contributed by atoms with Crippen molar-refractivity contribution in [3.63, 3.8) is 0 Å². The van der Waals surface area contributed by atoms with Gasteiger partial charge in [0.2, 0.25) is 5.95 Å². The first-order valence-corrected chi connectivity index (χ1v) is 14.7. The smallest absolute Gasteiger partial charge is 0.296 e. The van der Waals surface area contributed by atoms with Gasteiger partial charge in [-0.05, 0) is 62.0 Å². The van der Waals surface area contributed by atoms with Gasteiger partial charge in [0, 0.05) is 45.4 Å². The first-order valence-electron chi connectivity index (χ1n) is 14.7. The number of likely N-dealkylation sites (tertiary alicyclic amines) is 1. The number of imidazole rings is 1. The molecule has 2 aromatic heterocycles. The van der Waals surface area contributed by atoms with E-state index in [0.29, 0.717) is 73.3 Å². The van der Waals surface area contributed by atoms with Crippen LogP contribution in [0.2, 0.25) is 0 Å². The molecule has 41 heavy (non-hydrogen) atoms. The number of nitrogens with zero attached hydrogens (tertiary/aromatic N) is 6. The Hall–Kier alpha value is -2.93. The number of ether oxygens (including phenoxy) is 1. The third-order valence-corrected chi connectivity index (χ3v) is 8.84. The number of nitrogens with one attached hydrogen (secondary N) is 1. The molecule has 1 aliphatic carbocycles. The average Bonchev–Trinajstić information content (AvgIpc) is 3.65. The quantitative estimate of drug-likeness (QED) is 0.356. The fourth-order valence-electron chi connectivity index (χ4n) is 6.45. The van der Waals surface area contributed by atoms with Crippen LogP contribution in [-0.4, -0.2) is 93.4 Å². The molecular formula is C29H39F2N7O3. The number of aliphatic hydroxyl groups excluding tert-OH is 2. The number of aliphatic hydroxyl groups is 2. The van der Waals surface area contributed by atoms with Crippen LogP contribution in [-0.2, 0) is 4.74 Å². The number of hydrogen-bond donors (Lipinski definition) is 3. The standard InChI is InChI=1S/C29H39F2N7O3/c30-26(31)27-33-22-3-1-2-4-23(22)38(27)25-15-24(34-29(35-25)36-11-13-41-14-12-36)32-16-20-9-10-37(17-20)28(40)21-7-5-19(18-39)6-8-21/h1-4,15,19-21,26,28,39-40H,5-14,16-18H2,(H,32,34,35)/t19?,20-,21?,28?/m1/s1. The molecule has 0 spiro atoms. The van der Waals surface area contributed by atoms with Crippen molar-refractivity contribution in [2.75, 3.05) is 62.8 Å². The number of morpholine rings is 1. The van der Waals surface area contributed by atoms with E-state index in [4.69, 9.17) is 14.7 Å². The molecule has 1 saturated carbocycles. The summed E-state index contributed by atoms with van der Waals surface area (Å²) in [6.45, 7) is 4.83. The van der Waals surface area contributed by atoms with Crippen molar-refractivity contribution in [2.24, 2.45) is 17.8 Å². The lowest BCUT2D eigenvalue weighted by atomic mass is 9.81. The van der Waals surface area contributed by atoms with Crippen molar-refractivity contribution in [3.05, 3.63) is 36.2 Å². The summed E-state index contributed by atoms with van der Waals surface area (Å²) >= 11 is 0. The predicted octanol–water partition coefficient (Wildman–Crippen LogP) is 3.44. The summed E-state index contributed by atoms with van der Waals surface area (Å²) in [6, 6.07) is 8.79. The second-order valence-electron chi connectivity index (χ2n) is 11.5. The largest absolute Gasteiger partial charge is 0.396 e. The molecule has 3 aliphatic rings. The molecule has 2 aliphatic heterocycles. The van der Waals surface area contributed by atoms with Gasteiger partial charge in [0.25, 0.3) is 6.43 Å². The van der Waals surface area contributed by atoms with E-state index in [1.54, 1.807) is 30.3 Å². The number of para-hydroxylation sites is 2. The average molecular weight is 572 g/mol. The van der Waals surface area contributed by atoms with Gasteiger partial charge in [0.1, 0.15) is 17.9 Å². The van der Waals surface area contributed by atoms with Crippen LogP contribution >= 0.6 is 0 Å². The van der Waals surface area contributed by atoms with Crippen molar-refractivity contribution in [3.8, 4) is 5.82 Å². The summed E-state index contributed by atoms with van der Waals surface area (Å²) in [7, 11) is 0. The Morgan fingerprint density at radius 3 is 2.51 bits per heavy atom. The van der Waals surface area contributed by atoms with E-state index in [9.17, 15) is 19.0 Å². The molecule has 1 aromatic carbocycles. The maximum atomic E-state index is 14.1. The molecule has 0 radical (unpaired) electrons. The molecule has 3 fully saturated rings. The van der Waals surface area contributed by atoms with Crippen LogP contribution in [0.25, 0.3) is 16.9 Å². The molecule has 2 atom stereocenters. The van der Waals surface area contributed by atoms with Crippen LogP contribution in [0.3, 0.4) is 0 Å². The zero-order valence-electron chi connectivity index (χ0n) is 23.2. The van der Waals surface area contributed by atoms with E-state index >= 15 is 0 Å². The van der Waals surface area contributed by atoms with Crippen LogP contribution in [0.4, 0.5) is 20.5 Å². The molecule has 3 N–H and O–H groups in total. The third-order valence-electron chi connectivity index (χ3n) is 8.84. The van der Waals surface area contributed by atoms with E-state index in [-0.39, 0.29) is 18.3 Å². The van der Waals surface area contributed by atoms with E-state index < -0.39 is 12.7 Å². The zero-order chi connectivity index (χ0) is 28.3. The van der Waals surface area contributed by atoms with Gasteiger partial charge >= 0.3 is 0 Å². The first kappa shape index (κ1) is 28.2. The summed E-state index contributed by atoms with van der Waals surface area (Å²) in [5.41, 5.74) is 1.05. The fraction of sp³-hybridized carbons (Fsp3) is 0.621. The van der Waals surface area contributed by atoms with Gasteiger partial charge < -0.3 is 25.2 Å². The van der Waals surface area contributed by atoms with E-state index in [1.807, 2.05) is 4.90 Å². The second-order valence-corrected chi connectivity index (χ2v) is 11.5. The lowest BCUT2D eigenvalue weighted by molar-refractivity contribution is -0.0461. The summed E-state index contributed by atoms with van der Waals surface area (Å²) in [4.78, 5) is 17.9. The Morgan fingerprint density at radius 1 is 0.976 bits per heavy atom. The Morgan fingerprint density at radius 2 is 1.76 bits per heavy atom. The van der Waals surface area contributed by atoms with Crippen LogP contribution in [0.1, 0.15) is 44.4 Å². The molecule has 12 heteroatoms. The van der Waals surface area contributed by atoms with Gasteiger partial charge in [0.05, 0.1) is 24.2 Å². The van der Waals surface area contributed by atoms with Gasteiger partial charge in [0.15, 0.2) is 5.82 Å². The number of rotatable bonds is 9. The normalized spacial score (nSPS) is 24.8. The topological polar surface area (TPSA) is 112 Å². The fourth-order valence-corrected chi connectivity index (χ4v) is 6.45. The molecule has 222 valence electrons. The van der Waals surface area contributed by atoms with Crippen LogP contribution < -0.4 is 10.2 Å². The molecule has 1 unspecified atom stereocenters. The summed E-state index contributed by atoms with van der Waals surface area (Å²) in [5, 5.41) is 23.9. The number of benzene rings is 1. The molecule has 3 aromatic rings. The minimum atomic E-state index is -2.77. The summed E-state index contributed by atoms with van der Waals surface area (Å²) in [6.07, 6.45) is 1.56. The number of anilines is 2. The van der Waals surface area contributed by atoms with Gasteiger partial charge in [-0.2, -0.15) is 9.97 Å². The molecule has 10 nitrogen and oxygen atoms in total. The number of aromatic nitrogens is 4. The SMILES string of the molecule is OCC1CCC(C(O)N2CC[C@H](CNc3cc(-n4c(C(F)F)nc5ccccc54)nc(N4CCOCC4)n3)C2)CC1. The van der Waals surface area contributed by atoms with Crippen molar-refractivity contribution >= 4 is 22.8 Å². The second kappa shape index (κ2) is 12.5. The Bertz CT molecular complexity index is 1310. The Labute approximate surface area is 238 Å². The Balaban J connectivity index is 1.20. The number of hydrogen-bond acceptors (Lipinski definition) is 9. The summed E-state index contributed by atoms with van der Waals surface area (Å²) < 4.78 is 35.2. The Kier molecular flexibility index (Phi) is 8.61. The number of halogens is 2. The highest BCUT2D eigenvalue weighted by Crippen LogP contribution is 2.34. The summed E-state index contributed by atoms with van der Waals surface area (Å²) in [5.74, 6) is 1.95. The minimum absolute atomic E-state index is 0.235. The third kappa shape index (κ3) is 6.15. The maximum absolute atomic E-state index is 14.1. The van der Waals surface area contributed by atoms with Crippen molar-refractivity contribution in [1.29, 1.82) is 0 Å². The van der Waals surface area contributed by atoms with Crippen LogP contribution in [0.5, 0.6) is 0 Å².